The number of carboxylic acids is 1. The van der Waals surface area contributed by atoms with Gasteiger partial charge in [0, 0.05) is 0 Å². The maximum absolute atomic E-state index is 12.2. The minimum absolute atomic E-state index is 0.0481. The molecule has 0 amide bonds. The number of hydrogen-bond acceptors (Lipinski definition) is 4. The summed E-state index contributed by atoms with van der Waals surface area (Å²) in [6, 6.07) is 13.6. The number of ether oxygens (including phenoxy) is 1. The highest BCUT2D eigenvalue weighted by Gasteiger charge is 2.13. The molecule has 1 aromatic heterocycles. The van der Waals surface area contributed by atoms with Crippen LogP contribution >= 0.6 is 11.3 Å². The first kappa shape index (κ1) is 17.0. The molecule has 0 saturated heterocycles. The first-order valence-electron chi connectivity index (χ1n) is 7.34. The number of aromatic nitrogens is 1. The van der Waals surface area contributed by atoms with Crippen molar-refractivity contribution in [3.8, 4) is 5.75 Å². The second-order valence-electron chi connectivity index (χ2n) is 5.17. The number of aliphatic carboxylic acids is 1. The van der Waals surface area contributed by atoms with E-state index in [1.165, 1.54) is 23.5 Å². The predicted molar refractivity (Wildman–Crippen MR) is 92.8 cm³/mol. The Labute approximate surface area is 146 Å². The van der Waals surface area contributed by atoms with Gasteiger partial charge in [0.05, 0.1) is 16.6 Å². The molecule has 1 heterocycles. The van der Waals surface area contributed by atoms with Gasteiger partial charge in [-0.05, 0) is 41.5 Å². The Morgan fingerprint density at radius 3 is 2.56 bits per heavy atom. The molecule has 3 aromatic rings. The second kappa shape index (κ2) is 7.40. The Kier molecular flexibility index (Phi) is 5.04. The average molecular weight is 361 g/mol. The SMILES string of the molecule is O=C(O)CC(=Cc1ccc(OC(F)F)cc1)c1nc2ccccc2s1. The lowest BCUT2D eigenvalue weighted by molar-refractivity contribution is -0.135. The van der Waals surface area contributed by atoms with Gasteiger partial charge in [-0.1, -0.05) is 24.3 Å². The van der Waals surface area contributed by atoms with Crippen molar-refractivity contribution in [2.45, 2.75) is 13.0 Å². The van der Waals surface area contributed by atoms with Gasteiger partial charge in [0.25, 0.3) is 0 Å². The van der Waals surface area contributed by atoms with Crippen LogP contribution in [0, 0.1) is 0 Å². The van der Waals surface area contributed by atoms with E-state index in [1.54, 1.807) is 18.2 Å². The topological polar surface area (TPSA) is 59.4 Å². The van der Waals surface area contributed by atoms with Crippen molar-refractivity contribution in [1.29, 1.82) is 0 Å². The number of carboxylic acid groups (broad SMARTS) is 1. The molecule has 0 bridgehead atoms. The van der Waals surface area contributed by atoms with E-state index >= 15 is 0 Å². The van der Waals surface area contributed by atoms with Gasteiger partial charge in [-0.3, -0.25) is 4.79 Å². The highest BCUT2D eigenvalue weighted by Crippen LogP contribution is 2.30. The van der Waals surface area contributed by atoms with E-state index in [9.17, 15) is 18.7 Å². The van der Waals surface area contributed by atoms with Gasteiger partial charge in [0.15, 0.2) is 0 Å². The summed E-state index contributed by atoms with van der Waals surface area (Å²) in [5, 5.41) is 9.80. The van der Waals surface area contributed by atoms with Crippen LogP contribution in [0.25, 0.3) is 21.9 Å². The van der Waals surface area contributed by atoms with Crippen LogP contribution in [0.3, 0.4) is 0 Å². The largest absolute Gasteiger partial charge is 0.481 e. The third-order valence-electron chi connectivity index (χ3n) is 3.36. The highest BCUT2D eigenvalue weighted by molar-refractivity contribution is 7.19. The second-order valence-corrected chi connectivity index (χ2v) is 6.21. The van der Waals surface area contributed by atoms with Gasteiger partial charge in [-0.25, -0.2) is 4.98 Å². The minimum Gasteiger partial charge on any atom is -0.481 e. The molecule has 0 fully saturated rings. The number of rotatable bonds is 6. The van der Waals surface area contributed by atoms with Crippen molar-refractivity contribution in [2.75, 3.05) is 0 Å². The number of hydrogen-bond donors (Lipinski definition) is 1. The molecule has 3 rings (SSSR count). The summed E-state index contributed by atoms with van der Waals surface area (Å²) in [7, 11) is 0. The van der Waals surface area contributed by atoms with E-state index in [0.29, 0.717) is 16.1 Å². The van der Waals surface area contributed by atoms with Crippen molar-refractivity contribution in [1.82, 2.24) is 4.98 Å². The minimum atomic E-state index is -2.88. The lowest BCUT2D eigenvalue weighted by atomic mass is 10.1. The average Bonchev–Trinajstić information content (AvgIpc) is 2.99. The summed E-state index contributed by atoms with van der Waals surface area (Å²) in [4.78, 5) is 15.7. The Morgan fingerprint density at radius 1 is 1.20 bits per heavy atom. The normalized spacial score (nSPS) is 11.9. The van der Waals surface area contributed by atoms with Crippen LogP contribution in [0.15, 0.2) is 48.5 Å². The van der Waals surface area contributed by atoms with E-state index in [1.807, 2.05) is 24.3 Å². The third-order valence-corrected chi connectivity index (χ3v) is 4.47. The molecule has 0 aliphatic carbocycles. The molecule has 0 radical (unpaired) electrons. The number of thiazole rings is 1. The van der Waals surface area contributed by atoms with Crippen molar-refractivity contribution in [2.24, 2.45) is 0 Å². The highest BCUT2D eigenvalue weighted by atomic mass is 32.1. The van der Waals surface area contributed by atoms with E-state index in [4.69, 9.17) is 0 Å². The van der Waals surface area contributed by atoms with Gasteiger partial charge in [-0.2, -0.15) is 8.78 Å². The molecule has 0 spiro atoms. The Hall–Kier alpha value is -2.80. The van der Waals surface area contributed by atoms with E-state index in [2.05, 4.69) is 9.72 Å². The maximum atomic E-state index is 12.2. The van der Waals surface area contributed by atoms with Crippen LogP contribution in [0.1, 0.15) is 17.0 Å². The third kappa shape index (κ3) is 4.39. The number of benzene rings is 2. The van der Waals surface area contributed by atoms with Gasteiger partial charge >= 0.3 is 12.6 Å². The standard InChI is InChI=1S/C18H13F2NO3S/c19-18(20)24-13-7-5-11(6-8-13)9-12(10-16(22)23)17-21-14-3-1-2-4-15(14)25-17/h1-9,18H,10H2,(H,22,23). The summed E-state index contributed by atoms with van der Waals surface area (Å²) < 4.78 is 29.7. The molecule has 25 heavy (non-hydrogen) atoms. The number of para-hydroxylation sites is 1. The van der Waals surface area contributed by atoms with Crippen LogP contribution in [0.5, 0.6) is 5.75 Å². The number of carbonyl (C=O) groups is 1. The smallest absolute Gasteiger partial charge is 0.387 e. The molecule has 0 unspecified atom stereocenters. The molecule has 0 aliphatic heterocycles. The molecule has 2 aromatic carbocycles. The Balaban J connectivity index is 1.94. The predicted octanol–water partition coefficient (Wildman–Crippen LogP) is 4.91. The first-order valence-corrected chi connectivity index (χ1v) is 8.16. The van der Waals surface area contributed by atoms with Crippen molar-refractivity contribution in [3.63, 3.8) is 0 Å². The Morgan fingerprint density at radius 2 is 1.92 bits per heavy atom. The number of alkyl halides is 2. The Bertz CT molecular complexity index is 886. The van der Waals surface area contributed by atoms with Crippen LogP contribution in [0.4, 0.5) is 8.78 Å². The zero-order valence-corrected chi connectivity index (χ0v) is 13.7. The molecule has 0 atom stereocenters. The first-order chi connectivity index (χ1) is 12.0. The molecular formula is C18H13F2NO3S. The van der Waals surface area contributed by atoms with Gasteiger partial charge < -0.3 is 9.84 Å². The molecular weight excluding hydrogens is 348 g/mol. The van der Waals surface area contributed by atoms with Crippen molar-refractivity contribution >= 4 is 39.2 Å². The van der Waals surface area contributed by atoms with Crippen LogP contribution in [-0.4, -0.2) is 22.7 Å². The van der Waals surface area contributed by atoms with E-state index < -0.39 is 12.6 Å². The molecule has 128 valence electrons. The molecule has 7 heteroatoms. The zero-order valence-electron chi connectivity index (χ0n) is 12.9. The van der Waals surface area contributed by atoms with Crippen molar-refractivity contribution in [3.05, 3.63) is 59.1 Å². The summed E-state index contributed by atoms with van der Waals surface area (Å²) in [6.07, 6.45) is 1.51. The lowest BCUT2D eigenvalue weighted by Gasteiger charge is -2.05. The molecule has 0 saturated carbocycles. The van der Waals surface area contributed by atoms with Gasteiger partial charge in [0.1, 0.15) is 10.8 Å². The quantitative estimate of drug-likeness (QED) is 0.677. The van der Waals surface area contributed by atoms with Gasteiger partial charge in [0.2, 0.25) is 0 Å². The molecule has 1 N–H and O–H groups in total. The summed E-state index contributed by atoms with van der Waals surface area (Å²) >= 11 is 1.41. The zero-order chi connectivity index (χ0) is 17.8. The van der Waals surface area contributed by atoms with E-state index in [-0.39, 0.29) is 12.2 Å². The van der Waals surface area contributed by atoms with Crippen LogP contribution in [0.2, 0.25) is 0 Å². The fourth-order valence-electron chi connectivity index (χ4n) is 2.31. The number of fused-ring (bicyclic) bond motifs is 1. The summed E-state index contributed by atoms with van der Waals surface area (Å²) in [6.45, 7) is -2.88. The summed E-state index contributed by atoms with van der Waals surface area (Å²) in [5.41, 5.74) is 2.04. The van der Waals surface area contributed by atoms with E-state index in [0.717, 1.165) is 10.2 Å². The fraction of sp³-hybridized carbons (Fsp3) is 0.111. The monoisotopic (exact) mass is 361 g/mol. The molecule has 0 aliphatic rings. The lowest BCUT2D eigenvalue weighted by Crippen LogP contribution is -2.01. The van der Waals surface area contributed by atoms with Crippen molar-refractivity contribution < 1.29 is 23.4 Å². The maximum Gasteiger partial charge on any atom is 0.387 e. The van der Waals surface area contributed by atoms with Crippen LogP contribution < -0.4 is 4.74 Å². The van der Waals surface area contributed by atoms with Crippen LogP contribution in [-0.2, 0) is 4.79 Å². The molecule has 4 nitrogen and oxygen atoms in total. The fourth-order valence-corrected chi connectivity index (χ4v) is 3.29. The number of nitrogens with zero attached hydrogens (tertiary/aromatic N) is 1. The summed E-state index contributed by atoms with van der Waals surface area (Å²) in [5.74, 6) is -0.921. The number of halogens is 2. The van der Waals surface area contributed by atoms with Gasteiger partial charge in [-0.15, -0.1) is 11.3 Å².